The van der Waals surface area contributed by atoms with Crippen LogP contribution in [0.5, 0.6) is 5.75 Å². The topological polar surface area (TPSA) is 46.5 Å². The van der Waals surface area contributed by atoms with Gasteiger partial charge in [-0.15, -0.1) is 0 Å². The number of nitrogens with one attached hydrogen (secondary N) is 2. The van der Waals surface area contributed by atoms with Gasteiger partial charge in [0.15, 0.2) is 5.43 Å². The molecule has 0 aliphatic rings. The van der Waals surface area contributed by atoms with E-state index in [1.165, 1.54) is 17.7 Å². The van der Waals surface area contributed by atoms with E-state index in [-0.39, 0.29) is 5.43 Å². The predicted octanol–water partition coefficient (Wildman–Crippen LogP) is 2.69. The summed E-state index contributed by atoms with van der Waals surface area (Å²) in [6.45, 7) is 10.9. The average molecular weight is 331 g/mol. The van der Waals surface area contributed by atoms with E-state index in [1.54, 1.807) is 0 Å². The molecule has 0 bridgehead atoms. The fraction of sp³-hybridized carbons (Fsp3) is 0.550. The minimum atomic E-state index is 0.132. The summed E-state index contributed by atoms with van der Waals surface area (Å²) >= 11 is 0. The fourth-order valence-corrected chi connectivity index (χ4v) is 2.86. The van der Waals surface area contributed by atoms with Gasteiger partial charge in [-0.25, -0.2) is 0 Å². The molecule has 24 heavy (non-hydrogen) atoms. The Morgan fingerprint density at radius 3 is 2.71 bits per heavy atom. The first-order valence-corrected chi connectivity index (χ1v) is 9.02. The summed E-state index contributed by atoms with van der Waals surface area (Å²) in [6, 6.07) is 5.75. The molecule has 0 aliphatic carbocycles. The number of H-pyrrole nitrogens is 1. The third-order valence-electron chi connectivity index (χ3n) is 4.30. The van der Waals surface area contributed by atoms with E-state index in [2.05, 4.69) is 32.8 Å². The van der Waals surface area contributed by atoms with Gasteiger partial charge < -0.3 is 14.6 Å². The molecule has 2 aromatic rings. The normalized spacial score (nSPS) is 12.8. The number of unbranched alkanes of at least 4 members (excludes halogenated alkanes) is 1. The lowest BCUT2D eigenvalue weighted by Crippen LogP contribution is -3.07. The molecule has 1 heterocycles. The number of quaternary nitrogens is 1. The fourth-order valence-electron chi connectivity index (χ4n) is 2.86. The number of fused-ring (bicyclic) bond motifs is 1. The van der Waals surface area contributed by atoms with E-state index >= 15 is 0 Å². The Morgan fingerprint density at radius 2 is 2.04 bits per heavy atom. The minimum absolute atomic E-state index is 0.132. The number of pyridine rings is 1. The van der Waals surface area contributed by atoms with Crippen molar-refractivity contribution in [3.05, 3.63) is 39.7 Å². The van der Waals surface area contributed by atoms with Crippen LogP contribution in [0.3, 0.4) is 0 Å². The van der Waals surface area contributed by atoms with Gasteiger partial charge in [0, 0.05) is 16.6 Å². The molecule has 132 valence electrons. The molecule has 0 amide bonds. The third-order valence-corrected chi connectivity index (χ3v) is 4.30. The molecule has 0 saturated heterocycles. The lowest BCUT2D eigenvalue weighted by Gasteiger charge is -2.15. The van der Waals surface area contributed by atoms with Crippen LogP contribution in [0.2, 0.25) is 0 Å². The second kappa shape index (κ2) is 8.34. The Bertz CT molecular complexity index is 734. The monoisotopic (exact) mass is 331 g/mol. The molecule has 0 saturated carbocycles. The zero-order valence-corrected chi connectivity index (χ0v) is 15.7. The molecule has 1 aromatic heterocycles. The highest BCUT2D eigenvalue weighted by molar-refractivity contribution is 5.81. The van der Waals surface area contributed by atoms with E-state index < -0.39 is 0 Å². The van der Waals surface area contributed by atoms with Gasteiger partial charge in [0.1, 0.15) is 12.3 Å². The third kappa shape index (κ3) is 4.60. The quantitative estimate of drug-likeness (QED) is 0.781. The molecule has 0 aliphatic heterocycles. The van der Waals surface area contributed by atoms with Gasteiger partial charge in [0.2, 0.25) is 0 Å². The molecule has 4 nitrogen and oxygen atoms in total. The van der Waals surface area contributed by atoms with Crippen molar-refractivity contribution >= 4 is 10.9 Å². The molecule has 4 heteroatoms. The van der Waals surface area contributed by atoms with Crippen LogP contribution in [-0.4, -0.2) is 25.2 Å². The average Bonchev–Trinajstić information content (AvgIpc) is 2.55. The van der Waals surface area contributed by atoms with Crippen LogP contribution in [0.25, 0.3) is 10.9 Å². The lowest BCUT2D eigenvalue weighted by molar-refractivity contribution is -0.894. The Hall–Kier alpha value is -1.81. The van der Waals surface area contributed by atoms with Crippen molar-refractivity contribution in [2.24, 2.45) is 5.92 Å². The zero-order chi connectivity index (χ0) is 17.7. The van der Waals surface area contributed by atoms with Crippen molar-refractivity contribution in [1.29, 1.82) is 0 Å². The number of aromatic amines is 1. The Balaban J connectivity index is 2.33. The first kappa shape index (κ1) is 18.5. The molecular weight excluding hydrogens is 300 g/mol. The Morgan fingerprint density at radius 1 is 1.29 bits per heavy atom. The standard InChI is InChI=1S/C20H30N2O2/c1-6-7-10-22(5)12-18-15(4)21-19-9-8-16(24-13-14(2)3)11-17(19)20(18)23/h8-9,11,14H,6-7,10,12-13H2,1-5H3,(H,21,23)/p+1. The van der Waals surface area contributed by atoms with Gasteiger partial charge in [-0.2, -0.15) is 0 Å². The first-order valence-electron chi connectivity index (χ1n) is 9.02. The van der Waals surface area contributed by atoms with Crippen LogP contribution < -0.4 is 15.1 Å². The number of aryl methyl sites for hydroxylation is 1. The second-order valence-electron chi connectivity index (χ2n) is 7.21. The van der Waals surface area contributed by atoms with E-state index in [0.717, 1.165) is 41.0 Å². The molecular formula is C20H31N2O2+. The first-order chi connectivity index (χ1) is 11.4. The van der Waals surface area contributed by atoms with Crippen molar-refractivity contribution in [3.8, 4) is 5.75 Å². The van der Waals surface area contributed by atoms with Gasteiger partial charge in [-0.3, -0.25) is 4.79 Å². The molecule has 1 atom stereocenters. The highest BCUT2D eigenvalue weighted by Crippen LogP contribution is 2.19. The Labute approximate surface area is 144 Å². The smallest absolute Gasteiger partial charge is 0.198 e. The maximum absolute atomic E-state index is 13.0. The maximum atomic E-state index is 13.0. The van der Waals surface area contributed by atoms with Crippen molar-refractivity contribution < 1.29 is 9.64 Å². The van der Waals surface area contributed by atoms with Crippen LogP contribution >= 0.6 is 0 Å². The number of rotatable bonds is 8. The number of hydrogen-bond donors (Lipinski definition) is 2. The van der Waals surface area contributed by atoms with E-state index in [4.69, 9.17) is 4.74 Å². The number of hydrogen-bond acceptors (Lipinski definition) is 2. The Kier molecular flexibility index (Phi) is 6.44. The molecule has 0 fully saturated rings. The SMILES string of the molecule is CCCC[NH+](C)Cc1c(C)[nH]c2ccc(OCC(C)C)cc2c1=O. The summed E-state index contributed by atoms with van der Waals surface area (Å²) in [4.78, 5) is 17.7. The molecule has 2 N–H and O–H groups in total. The van der Waals surface area contributed by atoms with Gasteiger partial charge in [-0.1, -0.05) is 27.2 Å². The zero-order valence-electron chi connectivity index (χ0n) is 15.7. The van der Waals surface area contributed by atoms with Gasteiger partial charge >= 0.3 is 0 Å². The van der Waals surface area contributed by atoms with Gasteiger partial charge in [0.05, 0.1) is 25.8 Å². The molecule has 2 rings (SSSR count). The van der Waals surface area contributed by atoms with Crippen LogP contribution in [-0.2, 0) is 6.54 Å². The van der Waals surface area contributed by atoms with E-state index in [9.17, 15) is 4.79 Å². The van der Waals surface area contributed by atoms with Crippen LogP contribution in [0.4, 0.5) is 0 Å². The molecule has 0 spiro atoms. The largest absolute Gasteiger partial charge is 0.493 e. The van der Waals surface area contributed by atoms with Crippen molar-refractivity contribution in [1.82, 2.24) is 4.98 Å². The number of benzene rings is 1. The predicted molar refractivity (Wildman–Crippen MR) is 100 cm³/mol. The molecule has 1 aromatic carbocycles. The van der Waals surface area contributed by atoms with Crippen LogP contribution in [0.15, 0.2) is 23.0 Å². The summed E-state index contributed by atoms with van der Waals surface area (Å²) in [7, 11) is 2.15. The molecule has 0 radical (unpaired) electrons. The highest BCUT2D eigenvalue weighted by Gasteiger charge is 2.14. The van der Waals surface area contributed by atoms with Crippen molar-refractivity contribution in [3.63, 3.8) is 0 Å². The van der Waals surface area contributed by atoms with Crippen molar-refractivity contribution in [2.75, 3.05) is 20.2 Å². The van der Waals surface area contributed by atoms with Gasteiger partial charge in [0.25, 0.3) is 0 Å². The summed E-state index contributed by atoms with van der Waals surface area (Å²) in [6.07, 6.45) is 2.37. The summed E-state index contributed by atoms with van der Waals surface area (Å²) in [5, 5.41) is 0.722. The minimum Gasteiger partial charge on any atom is -0.493 e. The highest BCUT2D eigenvalue weighted by atomic mass is 16.5. The van der Waals surface area contributed by atoms with E-state index in [0.29, 0.717) is 12.5 Å². The second-order valence-corrected chi connectivity index (χ2v) is 7.21. The van der Waals surface area contributed by atoms with Crippen LogP contribution in [0.1, 0.15) is 44.9 Å². The lowest BCUT2D eigenvalue weighted by atomic mass is 10.1. The summed E-state index contributed by atoms with van der Waals surface area (Å²) < 4.78 is 5.78. The van der Waals surface area contributed by atoms with E-state index in [1.807, 2.05) is 25.1 Å². The summed E-state index contributed by atoms with van der Waals surface area (Å²) in [5.74, 6) is 1.23. The van der Waals surface area contributed by atoms with Crippen molar-refractivity contribution in [2.45, 2.75) is 47.1 Å². The van der Waals surface area contributed by atoms with Crippen LogP contribution in [0, 0.1) is 12.8 Å². The summed E-state index contributed by atoms with van der Waals surface area (Å²) in [5.41, 5.74) is 2.87. The number of aromatic nitrogens is 1. The maximum Gasteiger partial charge on any atom is 0.198 e. The molecule has 1 unspecified atom stereocenters. The number of ether oxygens (including phenoxy) is 1. The van der Waals surface area contributed by atoms with Gasteiger partial charge in [-0.05, 0) is 37.5 Å².